The van der Waals surface area contributed by atoms with Gasteiger partial charge < -0.3 is 5.32 Å². The van der Waals surface area contributed by atoms with Crippen LogP contribution in [0.25, 0.3) is 5.57 Å². The van der Waals surface area contributed by atoms with Crippen LogP contribution in [0, 0.1) is 11.8 Å². The van der Waals surface area contributed by atoms with Gasteiger partial charge >= 0.3 is 0 Å². The Kier molecular flexibility index (Phi) is 3.17. The summed E-state index contributed by atoms with van der Waals surface area (Å²) < 4.78 is 0. The normalized spacial score (nSPS) is 28.4. The van der Waals surface area contributed by atoms with Crippen LogP contribution in [-0.2, 0) is 0 Å². The van der Waals surface area contributed by atoms with Crippen LogP contribution in [0.1, 0.15) is 24.8 Å². The summed E-state index contributed by atoms with van der Waals surface area (Å²) in [6.07, 6.45) is 9.71. The molecule has 0 spiro atoms. The van der Waals surface area contributed by atoms with Gasteiger partial charge in [0.2, 0.25) is 0 Å². The van der Waals surface area contributed by atoms with Gasteiger partial charge in [-0.25, -0.2) is 0 Å². The van der Waals surface area contributed by atoms with Crippen molar-refractivity contribution in [3.8, 4) is 0 Å². The first-order valence-electron chi connectivity index (χ1n) is 6.33. The van der Waals surface area contributed by atoms with E-state index in [1.165, 1.54) is 36.9 Å². The summed E-state index contributed by atoms with van der Waals surface area (Å²) in [6.45, 7) is 2.35. The lowest BCUT2D eigenvalue weighted by Gasteiger charge is -2.35. The Bertz CT molecular complexity index is 442. The Morgan fingerprint density at radius 3 is 3.12 bits per heavy atom. The summed E-state index contributed by atoms with van der Waals surface area (Å²) in [7, 11) is 0. The maximum atomic E-state index is 6.00. The third kappa shape index (κ3) is 2.38. The van der Waals surface area contributed by atoms with E-state index in [1.807, 2.05) is 12.3 Å². The number of allylic oxidation sites excluding steroid dienone is 2. The Morgan fingerprint density at radius 2 is 2.24 bits per heavy atom. The summed E-state index contributed by atoms with van der Waals surface area (Å²) in [5.41, 5.74) is 2.62. The van der Waals surface area contributed by atoms with Gasteiger partial charge in [-0.3, -0.25) is 4.98 Å². The van der Waals surface area contributed by atoms with Crippen LogP contribution in [0.15, 0.2) is 24.5 Å². The van der Waals surface area contributed by atoms with Crippen LogP contribution in [-0.4, -0.2) is 18.1 Å². The average molecular weight is 249 g/mol. The van der Waals surface area contributed by atoms with E-state index in [0.717, 1.165) is 23.4 Å². The fraction of sp³-hybridized carbons (Fsp3) is 0.500. The summed E-state index contributed by atoms with van der Waals surface area (Å²) in [6, 6.07) is 2.02. The molecule has 1 fully saturated rings. The number of nitrogens with one attached hydrogen (secondary N) is 1. The molecule has 3 rings (SSSR count). The first-order valence-corrected chi connectivity index (χ1v) is 6.71. The molecule has 0 radical (unpaired) electrons. The Hall–Kier alpha value is -0.860. The second kappa shape index (κ2) is 4.79. The summed E-state index contributed by atoms with van der Waals surface area (Å²) in [4.78, 5) is 4.18. The monoisotopic (exact) mass is 248 g/mol. The molecule has 17 heavy (non-hydrogen) atoms. The third-order valence-corrected chi connectivity index (χ3v) is 4.20. The molecular formula is C14H17ClN2. The van der Waals surface area contributed by atoms with Crippen molar-refractivity contribution in [2.24, 2.45) is 11.8 Å². The number of pyridine rings is 1. The molecule has 1 aromatic rings. The second-order valence-electron chi connectivity index (χ2n) is 5.07. The lowest BCUT2D eigenvalue weighted by Crippen LogP contribution is -2.37. The van der Waals surface area contributed by atoms with Gasteiger partial charge in [0, 0.05) is 12.4 Å². The van der Waals surface area contributed by atoms with Crippen molar-refractivity contribution in [3.05, 3.63) is 35.1 Å². The summed E-state index contributed by atoms with van der Waals surface area (Å²) in [5.74, 6) is 1.68. The molecule has 0 bridgehead atoms. The molecule has 3 heteroatoms. The number of nitrogens with zero attached hydrogens (tertiary/aromatic N) is 1. The molecule has 2 nitrogen and oxygen atoms in total. The number of piperidine rings is 1. The topological polar surface area (TPSA) is 24.9 Å². The Labute approximate surface area is 107 Å². The lowest BCUT2D eigenvalue weighted by atomic mass is 9.75. The standard InChI is InChI=1S/C14H17ClN2/c15-14-6-13(8-17-9-14)11-2-1-10-3-4-16-7-12(10)5-11/h2,6,8-10,12,16H,1,3-5,7H2. The van der Waals surface area contributed by atoms with Crippen molar-refractivity contribution >= 4 is 17.2 Å². The molecule has 2 unspecified atom stereocenters. The fourth-order valence-electron chi connectivity index (χ4n) is 3.01. The zero-order valence-corrected chi connectivity index (χ0v) is 10.6. The Balaban J connectivity index is 1.82. The van der Waals surface area contributed by atoms with Crippen molar-refractivity contribution in [1.29, 1.82) is 0 Å². The highest BCUT2D eigenvalue weighted by atomic mass is 35.5. The van der Waals surface area contributed by atoms with E-state index in [2.05, 4.69) is 16.4 Å². The molecule has 1 aliphatic heterocycles. The van der Waals surface area contributed by atoms with E-state index in [1.54, 1.807) is 6.20 Å². The highest BCUT2D eigenvalue weighted by Gasteiger charge is 2.28. The molecule has 0 amide bonds. The van der Waals surface area contributed by atoms with Crippen LogP contribution in [0.3, 0.4) is 0 Å². The smallest absolute Gasteiger partial charge is 0.0595 e. The molecule has 2 heterocycles. The van der Waals surface area contributed by atoms with Crippen LogP contribution in [0.5, 0.6) is 0 Å². The molecule has 1 N–H and O–H groups in total. The van der Waals surface area contributed by atoms with Crippen molar-refractivity contribution in [1.82, 2.24) is 10.3 Å². The molecule has 2 atom stereocenters. The molecule has 1 aromatic heterocycles. The van der Waals surface area contributed by atoms with Gasteiger partial charge in [0.1, 0.15) is 0 Å². The van der Waals surface area contributed by atoms with Gasteiger partial charge in [0.05, 0.1) is 5.02 Å². The molecule has 1 aliphatic carbocycles. The predicted octanol–water partition coefficient (Wildman–Crippen LogP) is 3.14. The van der Waals surface area contributed by atoms with Gasteiger partial charge in [-0.05, 0) is 61.4 Å². The number of rotatable bonds is 1. The van der Waals surface area contributed by atoms with Gasteiger partial charge in [-0.2, -0.15) is 0 Å². The molecule has 90 valence electrons. The van der Waals surface area contributed by atoms with Crippen LogP contribution < -0.4 is 5.32 Å². The zero-order chi connectivity index (χ0) is 11.7. The number of hydrogen-bond donors (Lipinski definition) is 1. The van der Waals surface area contributed by atoms with Crippen molar-refractivity contribution in [2.45, 2.75) is 19.3 Å². The lowest BCUT2D eigenvalue weighted by molar-refractivity contribution is 0.252. The maximum Gasteiger partial charge on any atom is 0.0595 e. The molecule has 0 saturated carbocycles. The van der Waals surface area contributed by atoms with Gasteiger partial charge in [-0.15, -0.1) is 0 Å². The summed E-state index contributed by atoms with van der Waals surface area (Å²) >= 11 is 6.00. The number of aromatic nitrogens is 1. The Morgan fingerprint density at radius 1 is 1.29 bits per heavy atom. The molecular weight excluding hydrogens is 232 g/mol. The quantitative estimate of drug-likeness (QED) is 0.826. The van der Waals surface area contributed by atoms with E-state index in [0.29, 0.717) is 0 Å². The maximum absolute atomic E-state index is 6.00. The first-order chi connectivity index (χ1) is 8.33. The van der Waals surface area contributed by atoms with E-state index in [-0.39, 0.29) is 0 Å². The number of fused-ring (bicyclic) bond motifs is 1. The van der Waals surface area contributed by atoms with Crippen molar-refractivity contribution in [2.75, 3.05) is 13.1 Å². The zero-order valence-electron chi connectivity index (χ0n) is 9.82. The van der Waals surface area contributed by atoms with Crippen LogP contribution in [0.2, 0.25) is 5.02 Å². The minimum atomic E-state index is 0.729. The van der Waals surface area contributed by atoms with Gasteiger partial charge in [0.15, 0.2) is 0 Å². The highest BCUT2D eigenvalue weighted by Crippen LogP contribution is 2.37. The van der Waals surface area contributed by atoms with Gasteiger partial charge in [-0.1, -0.05) is 17.7 Å². The van der Waals surface area contributed by atoms with Crippen molar-refractivity contribution < 1.29 is 0 Å². The van der Waals surface area contributed by atoms with E-state index in [4.69, 9.17) is 11.6 Å². The minimum absolute atomic E-state index is 0.729. The van der Waals surface area contributed by atoms with E-state index in [9.17, 15) is 0 Å². The second-order valence-corrected chi connectivity index (χ2v) is 5.51. The van der Waals surface area contributed by atoms with Crippen molar-refractivity contribution in [3.63, 3.8) is 0 Å². The predicted molar refractivity (Wildman–Crippen MR) is 70.9 cm³/mol. The SMILES string of the molecule is Clc1cncc(C2=CCC3CCNCC3C2)c1. The first kappa shape index (κ1) is 11.2. The van der Waals surface area contributed by atoms with E-state index < -0.39 is 0 Å². The number of hydrogen-bond acceptors (Lipinski definition) is 2. The third-order valence-electron chi connectivity index (χ3n) is 3.99. The highest BCUT2D eigenvalue weighted by molar-refractivity contribution is 6.30. The number of halogens is 1. The average Bonchev–Trinajstić information content (AvgIpc) is 2.38. The molecule has 1 saturated heterocycles. The van der Waals surface area contributed by atoms with Crippen LogP contribution in [0.4, 0.5) is 0 Å². The van der Waals surface area contributed by atoms with E-state index >= 15 is 0 Å². The molecule has 2 aliphatic rings. The minimum Gasteiger partial charge on any atom is -0.316 e. The van der Waals surface area contributed by atoms with Gasteiger partial charge in [0.25, 0.3) is 0 Å². The summed E-state index contributed by atoms with van der Waals surface area (Å²) in [5, 5.41) is 4.23. The van der Waals surface area contributed by atoms with Crippen LogP contribution >= 0.6 is 11.6 Å². The largest absolute Gasteiger partial charge is 0.316 e. The molecule has 0 aromatic carbocycles. The fourth-order valence-corrected chi connectivity index (χ4v) is 3.18.